The van der Waals surface area contributed by atoms with Gasteiger partial charge in [0.25, 0.3) is 0 Å². The number of para-hydroxylation sites is 1. The van der Waals surface area contributed by atoms with Crippen molar-refractivity contribution in [3.8, 4) is 17.2 Å². The molecule has 0 aromatic heterocycles. The molecule has 0 radical (unpaired) electrons. The Labute approximate surface area is 166 Å². The molecule has 3 N–H and O–H groups in total. The van der Waals surface area contributed by atoms with Crippen LogP contribution in [0.1, 0.15) is 17.5 Å². The van der Waals surface area contributed by atoms with Gasteiger partial charge >= 0.3 is 0 Å². The second kappa shape index (κ2) is 11.2. The van der Waals surface area contributed by atoms with Crippen LogP contribution in [0.3, 0.4) is 0 Å². The summed E-state index contributed by atoms with van der Waals surface area (Å²) in [7, 11) is 4.74. The van der Waals surface area contributed by atoms with Crippen molar-refractivity contribution < 1.29 is 19.0 Å². The van der Waals surface area contributed by atoms with Gasteiger partial charge < -0.3 is 25.3 Å². The van der Waals surface area contributed by atoms with Crippen LogP contribution in [0, 0.1) is 0 Å². The predicted molar refractivity (Wildman–Crippen MR) is 109 cm³/mol. The van der Waals surface area contributed by atoms with Gasteiger partial charge in [0.2, 0.25) is 11.7 Å². The molecule has 0 fully saturated rings. The Morgan fingerprint density at radius 3 is 2.26 bits per heavy atom. The number of hydrogen-bond acceptors (Lipinski definition) is 5. The first-order chi connectivity index (χ1) is 12.6. The molecule has 0 atom stereocenters. The molecule has 0 bridgehead atoms. The lowest BCUT2D eigenvalue weighted by Gasteiger charge is -2.16. The number of aryl methyl sites for hydroxylation is 1. The molecule has 148 valence electrons. The quantitative estimate of drug-likeness (QED) is 0.639. The largest absolute Gasteiger partial charge is 0.493 e. The van der Waals surface area contributed by atoms with E-state index in [0.717, 1.165) is 16.8 Å². The maximum absolute atomic E-state index is 12.1. The summed E-state index contributed by atoms with van der Waals surface area (Å²) in [6.45, 7) is 0.509. The van der Waals surface area contributed by atoms with Crippen molar-refractivity contribution in [2.45, 2.75) is 19.3 Å². The van der Waals surface area contributed by atoms with Crippen molar-refractivity contribution in [2.24, 2.45) is 0 Å². The lowest BCUT2D eigenvalue weighted by atomic mass is 10.1. The highest BCUT2D eigenvalue weighted by atomic mass is 35.5. The zero-order valence-corrected chi connectivity index (χ0v) is 16.7. The number of carbonyl (C=O) groups is 1. The van der Waals surface area contributed by atoms with Crippen molar-refractivity contribution in [3.05, 3.63) is 47.5 Å². The molecule has 0 heterocycles. The number of carbonyl (C=O) groups excluding carboxylic acids is 1. The van der Waals surface area contributed by atoms with Gasteiger partial charge in [-0.3, -0.25) is 4.79 Å². The molecular formula is C20H27ClN2O4. The number of hydrogen-bond donors (Lipinski definition) is 2. The van der Waals surface area contributed by atoms with Gasteiger partial charge in [-0.1, -0.05) is 24.3 Å². The molecule has 0 unspecified atom stereocenters. The Bertz CT molecular complexity index is 753. The smallest absolute Gasteiger partial charge is 0.220 e. The average Bonchev–Trinajstić information content (AvgIpc) is 2.66. The fourth-order valence-electron chi connectivity index (χ4n) is 2.80. The van der Waals surface area contributed by atoms with Gasteiger partial charge in [-0.05, 0) is 30.5 Å². The number of nitrogens with two attached hydrogens (primary N) is 1. The molecule has 7 heteroatoms. The first-order valence-electron chi connectivity index (χ1n) is 8.48. The summed E-state index contributed by atoms with van der Waals surface area (Å²) >= 11 is 0. The van der Waals surface area contributed by atoms with E-state index < -0.39 is 0 Å². The topological polar surface area (TPSA) is 82.8 Å². The zero-order chi connectivity index (χ0) is 18.9. The van der Waals surface area contributed by atoms with Crippen molar-refractivity contribution in [2.75, 3.05) is 33.6 Å². The molecular weight excluding hydrogens is 368 g/mol. The number of ether oxygens (including phenoxy) is 3. The van der Waals surface area contributed by atoms with Gasteiger partial charge in [-0.2, -0.15) is 0 Å². The fraction of sp³-hybridized carbons (Fsp3) is 0.350. The Hall–Kier alpha value is -2.60. The average molecular weight is 395 g/mol. The second-order valence-electron chi connectivity index (χ2n) is 5.79. The van der Waals surface area contributed by atoms with Crippen LogP contribution < -0.4 is 25.3 Å². The first kappa shape index (κ1) is 22.4. The highest BCUT2D eigenvalue weighted by Crippen LogP contribution is 2.39. The summed E-state index contributed by atoms with van der Waals surface area (Å²) in [5, 5.41) is 2.93. The molecule has 0 saturated heterocycles. The minimum absolute atomic E-state index is 0. The van der Waals surface area contributed by atoms with Crippen LogP contribution in [0.4, 0.5) is 5.69 Å². The van der Waals surface area contributed by atoms with Crippen molar-refractivity contribution >= 4 is 24.0 Å². The monoisotopic (exact) mass is 394 g/mol. The van der Waals surface area contributed by atoms with Crippen LogP contribution in [-0.4, -0.2) is 33.8 Å². The van der Waals surface area contributed by atoms with Gasteiger partial charge in [-0.25, -0.2) is 0 Å². The van der Waals surface area contributed by atoms with Crippen LogP contribution in [-0.2, 0) is 17.6 Å². The summed E-state index contributed by atoms with van der Waals surface area (Å²) in [5.74, 6) is 1.78. The van der Waals surface area contributed by atoms with E-state index in [-0.39, 0.29) is 18.3 Å². The standard InChI is InChI=1S/C20H26N2O4.ClH/c1-24-17-10-8-15(19(25-2)20(17)26-3)12-13-22-18(23)11-9-14-6-4-5-7-16(14)21;/h4-8,10H,9,11-13,21H2,1-3H3,(H,22,23);1H. The number of anilines is 1. The minimum Gasteiger partial charge on any atom is -0.493 e. The third-order valence-corrected chi connectivity index (χ3v) is 4.18. The minimum atomic E-state index is -0.00676. The summed E-state index contributed by atoms with van der Waals surface area (Å²) in [5.41, 5.74) is 8.55. The van der Waals surface area contributed by atoms with Crippen LogP contribution in [0.2, 0.25) is 0 Å². The summed E-state index contributed by atoms with van der Waals surface area (Å²) in [4.78, 5) is 12.1. The van der Waals surface area contributed by atoms with Crippen molar-refractivity contribution in [1.82, 2.24) is 5.32 Å². The van der Waals surface area contributed by atoms with Crippen molar-refractivity contribution in [1.29, 1.82) is 0 Å². The molecule has 0 aliphatic rings. The van der Waals surface area contributed by atoms with E-state index in [0.29, 0.717) is 43.1 Å². The zero-order valence-electron chi connectivity index (χ0n) is 15.9. The fourth-order valence-corrected chi connectivity index (χ4v) is 2.80. The van der Waals surface area contributed by atoms with Gasteiger partial charge in [0.05, 0.1) is 21.3 Å². The van der Waals surface area contributed by atoms with Gasteiger partial charge in [0, 0.05) is 24.2 Å². The van der Waals surface area contributed by atoms with E-state index in [1.807, 2.05) is 36.4 Å². The number of nitrogen functional groups attached to an aromatic ring is 1. The highest BCUT2D eigenvalue weighted by molar-refractivity contribution is 5.85. The third-order valence-electron chi connectivity index (χ3n) is 4.18. The second-order valence-corrected chi connectivity index (χ2v) is 5.79. The first-order valence-corrected chi connectivity index (χ1v) is 8.48. The normalized spacial score (nSPS) is 9.89. The summed E-state index contributed by atoms with van der Waals surface area (Å²) < 4.78 is 16.1. The number of methoxy groups -OCH3 is 3. The predicted octanol–water partition coefficient (Wildman–Crippen LogP) is 3.01. The van der Waals surface area contributed by atoms with E-state index in [1.54, 1.807) is 21.3 Å². The number of rotatable bonds is 9. The molecule has 0 aliphatic carbocycles. The van der Waals surface area contributed by atoms with E-state index in [2.05, 4.69) is 5.32 Å². The van der Waals surface area contributed by atoms with E-state index in [1.165, 1.54) is 0 Å². The van der Waals surface area contributed by atoms with Crippen LogP contribution in [0.5, 0.6) is 17.2 Å². The maximum atomic E-state index is 12.1. The summed E-state index contributed by atoms with van der Waals surface area (Å²) in [6, 6.07) is 11.3. The Morgan fingerprint density at radius 1 is 0.926 bits per heavy atom. The number of halogens is 1. The molecule has 6 nitrogen and oxygen atoms in total. The van der Waals surface area contributed by atoms with E-state index in [4.69, 9.17) is 19.9 Å². The Kier molecular flexibility index (Phi) is 9.30. The lowest BCUT2D eigenvalue weighted by molar-refractivity contribution is -0.121. The van der Waals surface area contributed by atoms with Crippen LogP contribution in [0.15, 0.2) is 36.4 Å². The molecule has 0 saturated carbocycles. The number of amides is 1. The molecule has 0 spiro atoms. The Balaban J connectivity index is 0.00000364. The van der Waals surface area contributed by atoms with Gasteiger partial charge in [-0.15, -0.1) is 12.4 Å². The molecule has 2 rings (SSSR count). The van der Waals surface area contributed by atoms with Crippen LogP contribution >= 0.6 is 12.4 Å². The SMILES string of the molecule is COc1ccc(CCNC(=O)CCc2ccccc2N)c(OC)c1OC.Cl. The summed E-state index contributed by atoms with van der Waals surface area (Å²) in [6.07, 6.45) is 1.65. The van der Waals surface area contributed by atoms with Gasteiger partial charge in [0.15, 0.2) is 11.5 Å². The Morgan fingerprint density at radius 2 is 1.63 bits per heavy atom. The lowest BCUT2D eigenvalue weighted by Crippen LogP contribution is -2.26. The molecule has 1 amide bonds. The molecule has 2 aromatic carbocycles. The highest BCUT2D eigenvalue weighted by Gasteiger charge is 2.15. The van der Waals surface area contributed by atoms with Crippen molar-refractivity contribution in [3.63, 3.8) is 0 Å². The number of benzene rings is 2. The molecule has 27 heavy (non-hydrogen) atoms. The van der Waals surface area contributed by atoms with Gasteiger partial charge in [0.1, 0.15) is 0 Å². The van der Waals surface area contributed by atoms with Crippen LogP contribution in [0.25, 0.3) is 0 Å². The molecule has 2 aromatic rings. The molecule has 0 aliphatic heterocycles. The maximum Gasteiger partial charge on any atom is 0.220 e. The number of nitrogens with one attached hydrogen (secondary N) is 1. The van der Waals surface area contributed by atoms with E-state index >= 15 is 0 Å². The third kappa shape index (κ3) is 5.96. The van der Waals surface area contributed by atoms with E-state index in [9.17, 15) is 4.79 Å².